The molecule has 33 heavy (non-hydrogen) atoms. The molecule has 4 rings (SSSR count). The Morgan fingerprint density at radius 2 is 2.00 bits per heavy atom. The summed E-state index contributed by atoms with van der Waals surface area (Å²) in [5, 5.41) is 0.158. The highest BCUT2D eigenvalue weighted by Crippen LogP contribution is 2.48. The molecule has 1 aromatic heterocycles. The van der Waals surface area contributed by atoms with E-state index in [1.165, 1.54) is 0 Å². The predicted molar refractivity (Wildman–Crippen MR) is 134 cm³/mol. The molecule has 2 aliphatic rings. The molecule has 2 aromatic rings. The van der Waals surface area contributed by atoms with Crippen molar-refractivity contribution in [3.05, 3.63) is 69.6 Å². The van der Waals surface area contributed by atoms with Gasteiger partial charge in [-0.05, 0) is 52.5 Å². The molecule has 0 atom stereocenters. The molecule has 0 amide bonds. The number of aryl methyl sites for hydroxylation is 1. The van der Waals surface area contributed by atoms with Gasteiger partial charge in [-0.25, -0.2) is 9.78 Å². The van der Waals surface area contributed by atoms with Crippen molar-refractivity contribution < 1.29 is 13.9 Å². The summed E-state index contributed by atoms with van der Waals surface area (Å²) in [6.45, 7) is 4.51. The molecule has 0 spiro atoms. The maximum absolute atomic E-state index is 12.8. The highest BCUT2D eigenvalue weighted by atomic mass is 79.9. The van der Waals surface area contributed by atoms with Gasteiger partial charge in [-0.15, -0.1) is 0 Å². The van der Waals surface area contributed by atoms with Crippen molar-refractivity contribution in [2.45, 2.75) is 39.7 Å². The van der Waals surface area contributed by atoms with Gasteiger partial charge in [0.2, 0.25) is 0 Å². The fourth-order valence-corrected chi connectivity index (χ4v) is 5.12. The van der Waals surface area contributed by atoms with Crippen LogP contribution < -0.4 is 5.73 Å². The zero-order chi connectivity index (χ0) is 23.5. The number of anilines is 1. The van der Waals surface area contributed by atoms with Crippen LogP contribution >= 0.6 is 27.5 Å². The van der Waals surface area contributed by atoms with Crippen LogP contribution in [0.2, 0.25) is 5.15 Å². The second-order valence-electron chi connectivity index (χ2n) is 7.72. The molecule has 8 heteroatoms. The average Bonchev–Trinajstić information content (AvgIpc) is 3.27. The minimum absolute atomic E-state index is 0.158. The second kappa shape index (κ2) is 10.0. The first-order valence-electron chi connectivity index (χ1n) is 10.9. The van der Waals surface area contributed by atoms with Crippen molar-refractivity contribution in [1.29, 1.82) is 0 Å². The first-order valence-corrected chi connectivity index (χ1v) is 12.1. The third kappa shape index (κ3) is 4.39. The Kier molecular flexibility index (Phi) is 7.10. The lowest BCUT2D eigenvalue weighted by Gasteiger charge is -2.15. The van der Waals surface area contributed by atoms with Crippen LogP contribution in [0.25, 0.3) is 22.3 Å². The number of imidazole rings is 1. The van der Waals surface area contributed by atoms with Crippen LogP contribution in [0.5, 0.6) is 0 Å². The summed E-state index contributed by atoms with van der Waals surface area (Å²) < 4.78 is 13.5. The predicted octanol–water partition coefficient (Wildman–Crippen LogP) is 6.81. The molecule has 0 saturated heterocycles. The van der Waals surface area contributed by atoms with Gasteiger partial charge in [0.15, 0.2) is 10.8 Å². The zero-order valence-corrected chi connectivity index (χ0v) is 20.9. The van der Waals surface area contributed by atoms with Crippen LogP contribution in [0, 0.1) is 0 Å². The van der Waals surface area contributed by atoms with Crippen LogP contribution in [0.15, 0.2) is 51.7 Å². The fraction of sp³-hybridized carbons (Fsp3) is 0.280. The third-order valence-electron chi connectivity index (χ3n) is 5.65. The number of benzene rings is 1. The van der Waals surface area contributed by atoms with Crippen molar-refractivity contribution in [3.8, 4) is 22.3 Å². The van der Waals surface area contributed by atoms with Crippen LogP contribution in [0.4, 0.5) is 5.69 Å². The summed E-state index contributed by atoms with van der Waals surface area (Å²) in [5.74, 6) is 0.270. The molecular weight excluding hydrogens is 506 g/mol. The molecule has 0 saturated carbocycles. The number of nitrogens with zero attached hydrogens (tertiary/aromatic N) is 2. The van der Waals surface area contributed by atoms with Crippen molar-refractivity contribution in [1.82, 2.24) is 9.55 Å². The van der Waals surface area contributed by atoms with Crippen LogP contribution in [-0.4, -0.2) is 22.1 Å². The minimum Gasteiger partial charge on any atom is -0.472 e. The topological polar surface area (TPSA) is 83.3 Å². The van der Waals surface area contributed by atoms with Crippen LogP contribution in [-0.2, 0) is 17.7 Å². The second-order valence-corrected chi connectivity index (χ2v) is 8.87. The Bertz CT molecular complexity index is 1260. The lowest BCUT2D eigenvalue weighted by atomic mass is 10.0. The molecule has 1 aliphatic carbocycles. The van der Waals surface area contributed by atoms with Crippen molar-refractivity contribution in [2.75, 3.05) is 12.3 Å². The fourth-order valence-electron chi connectivity index (χ4n) is 4.09. The number of nitrogen functional groups attached to an aromatic ring is 1. The summed E-state index contributed by atoms with van der Waals surface area (Å²) in [4.78, 5) is 17.4. The van der Waals surface area contributed by atoms with Crippen molar-refractivity contribution in [3.63, 3.8) is 0 Å². The number of hydrogen-bond donors (Lipinski definition) is 1. The van der Waals surface area contributed by atoms with Gasteiger partial charge in [-0.2, -0.15) is 0 Å². The standard InChI is InChI=1S/C25H25BrClN3O3/c1-3-5-10-20-29-24(27)23(25(31)33-4-2)30(20)13-17-15-11-12-32-14-18(15)22(26)21(17)16-8-6-7-9-19(16)28/h6-9,11-12,14H,3-5,10,13,28H2,1-2H3. The number of fused-ring (bicyclic) bond motifs is 1. The highest BCUT2D eigenvalue weighted by Gasteiger charge is 2.28. The average molecular weight is 531 g/mol. The van der Waals surface area contributed by atoms with Crippen LogP contribution in [0.1, 0.15) is 48.6 Å². The molecule has 0 fully saturated rings. The molecular formula is C25H25BrClN3O3. The molecule has 0 radical (unpaired) electrons. The first-order chi connectivity index (χ1) is 16.0. The van der Waals surface area contributed by atoms with Gasteiger partial charge in [0.1, 0.15) is 5.82 Å². The monoisotopic (exact) mass is 529 g/mol. The lowest BCUT2D eigenvalue weighted by molar-refractivity contribution is 0.0514. The number of nitrogens with two attached hydrogens (primary N) is 1. The van der Waals surface area contributed by atoms with Crippen LogP contribution in [0.3, 0.4) is 0 Å². The van der Waals surface area contributed by atoms with Gasteiger partial charge >= 0.3 is 5.97 Å². The van der Waals surface area contributed by atoms with Gasteiger partial charge in [0.05, 0.1) is 25.7 Å². The van der Waals surface area contributed by atoms with E-state index in [1.54, 1.807) is 19.5 Å². The van der Waals surface area contributed by atoms with E-state index >= 15 is 0 Å². The maximum atomic E-state index is 12.8. The molecule has 1 aliphatic heterocycles. The summed E-state index contributed by atoms with van der Waals surface area (Å²) in [6.07, 6.45) is 5.97. The number of unbranched alkanes of at least 4 members (excludes halogenated alkanes) is 1. The van der Waals surface area contributed by atoms with Gasteiger partial charge in [-0.1, -0.05) is 43.1 Å². The Balaban J connectivity index is 1.94. The maximum Gasteiger partial charge on any atom is 0.358 e. The molecule has 2 heterocycles. The lowest BCUT2D eigenvalue weighted by Crippen LogP contribution is -2.16. The number of para-hydroxylation sites is 1. The van der Waals surface area contributed by atoms with E-state index < -0.39 is 5.97 Å². The SMILES string of the molecule is CCCCc1nc(Cl)c(C(=O)OCC)n1Cc1c2ccocc-2c(Br)c1-c1ccccc1N. The van der Waals surface area contributed by atoms with E-state index in [9.17, 15) is 4.79 Å². The summed E-state index contributed by atoms with van der Waals surface area (Å²) in [6, 6.07) is 9.64. The normalized spacial score (nSPS) is 11.3. The number of carbonyl (C=O) groups excluding carboxylic acids is 1. The Morgan fingerprint density at radius 3 is 2.73 bits per heavy atom. The van der Waals surface area contributed by atoms with E-state index in [1.807, 2.05) is 34.9 Å². The van der Waals surface area contributed by atoms with Gasteiger partial charge in [-0.3, -0.25) is 0 Å². The smallest absolute Gasteiger partial charge is 0.358 e. The largest absolute Gasteiger partial charge is 0.472 e. The highest BCUT2D eigenvalue weighted by molar-refractivity contribution is 9.10. The first kappa shape index (κ1) is 23.4. The summed E-state index contributed by atoms with van der Waals surface area (Å²) in [7, 11) is 0. The minimum atomic E-state index is -0.483. The van der Waals surface area contributed by atoms with E-state index in [-0.39, 0.29) is 17.5 Å². The molecule has 0 unspecified atom stereocenters. The number of esters is 1. The Hall–Kier alpha value is -2.77. The van der Waals surface area contributed by atoms with E-state index in [0.29, 0.717) is 18.7 Å². The molecule has 2 N–H and O–H groups in total. The van der Waals surface area contributed by atoms with E-state index in [4.69, 9.17) is 26.5 Å². The van der Waals surface area contributed by atoms with Gasteiger partial charge in [0.25, 0.3) is 0 Å². The molecule has 6 nitrogen and oxygen atoms in total. The van der Waals surface area contributed by atoms with Crippen molar-refractivity contribution in [2.24, 2.45) is 0 Å². The molecule has 172 valence electrons. The van der Waals surface area contributed by atoms with Gasteiger partial charge < -0.3 is 19.5 Å². The zero-order valence-electron chi connectivity index (χ0n) is 18.5. The Labute approximate surface area is 206 Å². The number of aromatic nitrogens is 2. The Morgan fingerprint density at radius 1 is 1.21 bits per heavy atom. The van der Waals surface area contributed by atoms with E-state index in [2.05, 4.69) is 27.8 Å². The third-order valence-corrected chi connectivity index (χ3v) is 6.73. The molecule has 0 bridgehead atoms. The number of carbonyl (C=O) groups is 1. The number of halogens is 2. The number of ether oxygens (including phenoxy) is 1. The number of hydrogen-bond acceptors (Lipinski definition) is 5. The number of rotatable bonds is 8. The summed E-state index contributed by atoms with van der Waals surface area (Å²) in [5.41, 5.74) is 12.0. The molecule has 1 aromatic carbocycles. The van der Waals surface area contributed by atoms with Gasteiger partial charge in [0, 0.05) is 33.3 Å². The van der Waals surface area contributed by atoms with Crippen molar-refractivity contribution >= 4 is 39.2 Å². The summed E-state index contributed by atoms with van der Waals surface area (Å²) >= 11 is 10.2. The van der Waals surface area contributed by atoms with E-state index in [0.717, 1.165) is 51.0 Å². The quantitative estimate of drug-likeness (QED) is 0.200.